The fourth-order valence-corrected chi connectivity index (χ4v) is 4.03. The number of nitrogens with zero attached hydrogens (tertiary/aromatic N) is 2. The van der Waals surface area contributed by atoms with Crippen molar-refractivity contribution in [2.75, 3.05) is 12.5 Å². The highest BCUT2D eigenvalue weighted by Gasteiger charge is 2.18. The van der Waals surface area contributed by atoms with Gasteiger partial charge in [-0.1, -0.05) is 23.9 Å². The summed E-state index contributed by atoms with van der Waals surface area (Å²) in [5, 5.41) is 8.47. The highest BCUT2D eigenvalue weighted by atomic mass is 32.2. The molecule has 0 fully saturated rings. The van der Waals surface area contributed by atoms with Gasteiger partial charge in [0.2, 0.25) is 12.7 Å². The fourth-order valence-electron chi connectivity index (χ4n) is 3.37. The van der Waals surface area contributed by atoms with E-state index < -0.39 is 0 Å². The lowest BCUT2D eigenvalue weighted by molar-refractivity contribution is 0.102. The molecular formula is C20H16N2O4S. The van der Waals surface area contributed by atoms with Crippen LogP contribution in [0.2, 0.25) is 0 Å². The number of aryl methyl sites for hydroxylation is 2. The molecule has 0 bridgehead atoms. The van der Waals surface area contributed by atoms with E-state index in [9.17, 15) is 4.79 Å². The topological polar surface area (TPSA) is 74.5 Å². The van der Waals surface area contributed by atoms with Crippen molar-refractivity contribution in [3.63, 3.8) is 0 Å². The number of fused-ring (bicyclic) bond motifs is 2. The first-order valence-electron chi connectivity index (χ1n) is 8.77. The minimum absolute atomic E-state index is 0.0672. The molecule has 2 heterocycles. The standard InChI is InChI=1S/C20H16N2O4S/c23-16(14-5-4-12-2-1-3-13(12)8-14)10-27-20-22-21-19(26-20)15-6-7-17-18(9-15)25-11-24-17/h4-9H,1-3,10-11H2. The predicted molar refractivity (Wildman–Crippen MR) is 99.4 cm³/mol. The van der Waals surface area contributed by atoms with Crippen LogP contribution in [0.15, 0.2) is 46.0 Å². The number of ketones is 1. The van der Waals surface area contributed by atoms with Crippen molar-refractivity contribution in [2.45, 2.75) is 24.5 Å². The number of ether oxygens (including phenoxy) is 2. The van der Waals surface area contributed by atoms with Crippen LogP contribution < -0.4 is 9.47 Å². The number of thioether (sulfide) groups is 1. The molecule has 5 rings (SSSR count). The molecule has 1 aliphatic heterocycles. The summed E-state index contributed by atoms with van der Waals surface area (Å²) in [4.78, 5) is 12.5. The summed E-state index contributed by atoms with van der Waals surface area (Å²) in [7, 11) is 0. The maximum Gasteiger partial charge on any atom is 0.277 e. The number of rotatable bonds is 5. The van der Waals surface area contributed by atoms with Crippen LogP contribution in [0.25, 0.3) is 11.5 Å². The van der Waals surface area contributed by atoms with Crippen molar-refractivity contribution in [1.29, 1.82) is 0 Å². The van der Waals surface area contributed by atoms with Crippen LogP contribution in [-0.4, -0.2) is 28.5 Å². The lowest BCUT2D eigenvalue weighted by atomic mass is 10.0. The summed E-state index contributed by atoms with van der Waals surface area (Å²) in [5.41, 5.74) is 4.17. The van der Waals surface area contributed by atoms with Crippen LogP contribution in [-0.2, 0) is 12.8 Å². The second-order valence-electron chi connectivity index (χ2n) is 6.49. The average molecular weight is 380 g/mol. The van der Waals surface area contributed by atoms with Gasteiger partial charge in [-0.2, -0.15) is 0 Å². The van der Waals surface area contributed by atoms with Gasteiger partial charge < -0.3 is 13.9 Å². The second kappa shape index (κ2) is 6.74. The van der Waals surface area contributed by atoms with Gasteiger partial charge in [-0.05, 0) is 54.7 Å². The van der Waals surface area contributed by atoms with Gasteiger partial charge in [0.05, 0.1) is 5.75 Å². The Hall–Kier alpha value is -2.80. The quantitative estimate of drug-likeness (QED) is 0.490. The number of Topliss-reactive ketones (excluding diaryl/α,β-unsaturated/α-hetero) is 1. The highest BCUT2D eigenvalue weighted by molar-refractivity contribution is 7.99. The number of carbonyl (C=O) groups excluding carboxylic acids is 1. The normalized spacial score (nSPS) is 14.4. The molecule has 0 atom stereocenters. The zero-order valence-corrected chi connectivity index (χ0v) is 15.3. The number of hydrogen-bond donors (Lipinski definition) is 0. The lowest BCUT2D eigenvalue weighted by Gasteiger charge is -2.03. The van der Waals surface area contributed by atoms with Gasteiger partial charge >= 0.3 is 0 Å². The zero-order chi connectivity index (χ0) is 18.2. The minimum Gasteiger partial charge on any atom is -0.454 e. The van der Waals surface area contributed by atoms with Crippen LogP contribution in [0.4, 0.5) is 0 Å². The third-order valence-electron chi connectivity index (χ3n) is 4.77. The Morgan fingerprint density at radius 1 is 1.00 bits per heavy atom. The molecule has 0 spiro atoms. The number of benzene rings is 2. The molecule has 0 amide bonds. The lowest BCUT2D eigenvalue weighted by Crippen LogP contribution is -2.03. The maximum absolute atomic E-state index is 12.5. The predicted octanol–water partition coefficient (Wildman–Crippen LogP) is 3.93. The van der Waals surface area contributed by atoms with Gasteiger partial charge in [-0.25, -0.2) is 0 Å². The van der Waals surface area contributed by atoms with Gasteiger partial charge in [-0.15, -0.1) is 10.2 Å². The summed E-state index contributed by atoms with van der Waals surface area (Å²) in [6.07, 6.45) is 3.35. The Morgan fingerprint density at radius 3 is 2.85 bits per heavy atom. The van der Waals surface area contributed by atoms with E-state index >= 15 is 0 Å². The van der Waals surface area contributed by atoms with E-state index in [2.05, 4.69) is 16.3 Å². The van der Waals surface area contributed by atoms with Crippen molar-refractivity contribution < 1.29 is 18.7 Å². The van der Waals surface area contributed by atoms with E-state index in [1.165, 1.54) is 29.3 Å². The molecule has 1 aromatic heterocycles. The third-order valence-corrected chi connectivity index (χ3v) is 5.59. The maximum atomic E-state index is 12.5. The molecule has 3 aromatic rings. The van der Waals surface area contributed by atoms with Crippen LogP contribution in [0.1, 0.15) is 27.9 Å². The Balaban J connectivity index is 1.26. The summed E-state index contributed by atoms with van der Waals surface area (Å²) in [6, 6.07) is 11.5. The van der Waals surface area contributed by atoms with Crippen LogP contribution in [0.5, 0.6) is 11.5 Å². The molecule has 7 heteroatoms. The molecule has 0 radical (unpaired) electrons. The summed E-state index contributed by atoms with van der Waals surface area (Å²) in [6.45, 7) is 0.217. The van der Waals surface area contributed by atoms with E-state index in [4.69, 9.17) is 13.9 Å². The molecule has 2 aromatic carbocycles. The van der Waals surface area contributed by atoms with E-state index in [-0.39, 0.29) is 18.3 Å². The molecule has 6 nitrogen and oxygen atoms in total. The van der Waals surface area contributed by atoms with E-state index in [1.54, 1.807) is 6.07 Å². The van der Waals surface area contributed by atoms with E-state index in [1.807, 2.05) is 24.3 Å². The Morgan fingerprint density at radius 2 is 1.89 bits per heavy atom. The van der Waals surface area contributed by atoms with Gasteiger partial charge in [0.25, 0.3) is 5.22 Å². The fraction of sp³-hybridized carbons (Fsp3) is 0.250. The first-order chi connectivity index (χ1) is 13.3. The largest absolute Gasteiger partial charge is 0.454 e. The Kier molecular flexibility index (Phi) is 4.09. The number of carbonyl (C=O) groups is 1. The molecule has 0 saturated carbocycles. The van der Waals surface area contributed by atoms with Gasteiger partial charge in [0.15, 0.2) is 17.3 Å². The van der Waals surface area contributed by atoms with Gasteiger partial charge in [-0.3, -0.25) is 4.79 Å². The summed E-state index contributed by atoms with van der Waals surface area (Å²) >= 11 is 1.25. The van der Waals surface area contributed by atoms with Crippen molar-refractivity contribution in [2.24, 2.45) is 0 Å². The third kappa shape index (κ3) is 3.19. The van der Waals surface area contributed by atoms with Crippen LogP contribution >= 0.6 is 11.8 Å². The molecule has 27 heavy (non-hydrogen) atoms. The molecule has 0 N–H and O–H groups in total. The van der Waals surface area contributed by atoms with Crippen LogP contribution in [0.3, 0.4) is 0 Å². The molecule has 136 valence electrons. The number of aromatic nitrogens is 2. The smallest absolute Gasteiger partial charge is 0.277 e. The monoisotopic (exact) mass is 380 g/mol. The van der Waals surface area contributed by atoms with Crippen LogP contribution in [0, 0.1) is 0 Å². The van der Waals surface area contributed by atoms with Crippen molar-refractivity contribution >= 4 is 17.5 Å². The molecule has 1 aliphatic carbocycles. The van der Waals surface area contributed by atoms with Gasteiger partial charge in [0.1, 0.15) is 0 Å². The van der Waals surface area contributed by atoms with Crippen molar-refractivity contribution in [1.82, 2.24) is 10.2 Å². The second-order valence-corrected chi connectivity index (χ2v) is 7.42. The molecule has 0 unspecified atom stereocenters. The van der Waals surface area contributed by atoms with E-state index in [0.717, 1.165) is 24.0 Å². The van der Waals surface area contributed by atoms with E-state index in [0.29, 0.717) is 22.6 Å². The first kappa shape index (κ1) is 16.4. The minimum atomic E-state index is 0.0672. The SMILES string of the molecule is O=C(CSc1nnc(-c2ccc3c(c2)OCO3)o1)c1ccc2c(c1)CCC2. The summed E-state index contributed by atoms with van der Waals surface area (Å²) in [5.74, 6) is 2.08. The number of hydrogen-bond acceptors (Lipinski definition) is 7. The van der Waals surface area contributed by atoms with Gasteiger partial charge in [0, 0.05) is 11.1 Å². The summed E-state index contributed by atoms with van der Waals surface area (Å²) < 4.78 is 16.3. The highest BCUT2D eigenvalue weighted by Crippen LogP contribution is 2.36. The average Bonchev–Trinajstić information content (AvgIpc) is 3.44. The van der Waals surface area contributed by atoms with Crippen molar-refractivity contribution in [3.8, 4) is 23.0 Å². The Labute approximate surface area is 159 Å². The molecular weight excluding hydrogens is 364 g/mol. The van der Waals surface area contributed by atoms with Crippen molar-refractivity contribution in [3.05, 3.63) is 53.1 Å². The zero-order valence-electron chi connectivity index (χ0n) is 14.4. The Bertz CT molecular complexity index is 1030. The molecule has 2 aliphatic rings. The molecule has 0 saturated heterocycles. The first-order valence-corrected chi connectivity index (χ1v) is 9.76.